The third-order valence-corrected chi connectivity index (χ3v) is 2.47. The second-order valence-corrected chi connectivity index (χ2v) is 3.58. The standard InChI is InChI=1S/C9H7Cl3O2/c10-4-9(13)14-5-6-7(11)2-1-3-8(6)12/h1-3H,4-5H2. The Bertz CT molecular complexity index is 319. The van der Waals surface area contributed by atoms with Gasteiger partial charge in [0.2, 0.25) is 0 Å². The summed E-state index contributed by atoms with van der Waals surface area (Å²) >= 11 is 17.0. The molecule has 0 atom stereocenters. The molecule has 0 aliphatic heterocycles. The molecule has 1 aromatic rings. The summed E-state index contributed by atoms with van der Waals surface area (Å²) in [6.45, 7) is 0.0457. The van der Waals surface area contributed by atoms with Gasteiger partial charge in [0.15, 0.2) is 0 Å². The van der Waals surface area contributed by atoms with Crippen molar-refractivity contribution in [2.45, 2.75) is 6.61 Å². The average Bonchev–Trinajstić information content (AvgIpc) is 2.16. The van der Waals surface area contributed by atoms with E-state index in [1.165, 1.54) is 0 Å². The number of carbonyl (C=O) groups is 1. The lowest BCUT2D eigenvalue weighted by molar-refractivity contribution is -0.141. The Labute approximate surface area is 96.7 Å². The minimum absolute atomic E-state index is 0.0457. The topological polar surface area (TPSA) is 26.3 Å². The fraction of sp³-hybridized carbons (Fsp3) is 0.222. The quantitative estimate of drug-likeness (QED) is 0.610. The van der Waals surface area contributed by atoms with Crippen LogP contribution in [0.1, 0.15) is 5.56 Å². The van der Waals surface area contributed by atoms with Gasteiger partial charge in [0.1, 0.15) is 12.5 Å². The minimum atomic E-state index is -0.498. The van der Waals surface area contributed by atoms with Crippen molar-refractivity contribution >= 4 is 40.8 Å². The fourth-order valence-corrected chi connectivity index (χ4v) is 1.45. The van der Waals surface area contributed by atoms with Crippen molar-refractivity contribution in [2.75, 3.05) is 5.88 Å². The first-order valence-corrected chi connectivity index (χ1v) is 5.08. The Hall–Kier alpha value is -0.440. The Morgan fingerprint density at radius 2 is 1.86 bits per heavy atom. The first-order chi connectivity index (χ1) is 6.65. The number of ether oxygens (including phenoxy) is 1. The van der Waals surface area contributed by atoms with E-state index in [0.717, 1.165) is 0 Å². The largest absolute Gasteiger partial charge is 0.460 e. The second-order valence-electron chi connectivity index (χ2n) is 2.49. The molecule has 0 amide bonds. The number of carbonyl (C=O) groups excluding carboxylic acids is 1. The molecule has 0 saturated carbocycles. The highest BCUT2D eigenvalue weighted by molar-refractivity contribution is 6.36. The van der Waals surface area contributed by atoms with Crippen LogP contribution in [0.4, 0.5) is 0 Å². The predicted octanol–water partition coefficient (Wildman–Crippen LogP) is 3.28. The summed E-state index contributed by atoms with van der Waals surface area (Å²) in [7, 11) is 0. The highest BCUT2D eigenvalue weighted by atomic mass is 35.5. The van der Waals surface area contributed by atoms with Crippen LogP contribution in [0.25, 0.3) is 0 Å². The van der Waals surface area contributed by atoms with E-state index in [4.69, 9.17) is 39.5 Å². The van der Waals surface area contributed by atoms with E-state index < -0.39 is 5.97 Å². The zero-order valence-electron chi connectivity index (χ0n) is 7.10. The molecule has 0 bridgehead atoms. The maximum Gasteiger partial charge on any atom is 0.321 e. The number of esters is 1. The number of rotatable bonds is 3. The van der Waals surface area contributed by atoms with E-state index in [0.29, 0.717) is 15.6 Å². The molecule has 5 heteroatoms. The normalized spacial score (nSPS) is 9.93. The van der Waals surface area contributed by atoms with Crippen LogP contribution in [0.15, 0.2) is 18.2 Å². The fourth-order valence-electron chi connectivity index (χ4n) is 0.861. The van der Waals surface area contributed by atoms with Crippen molar-refractivity contribution in [3.8, 4) is 0 Å². The lowest BCUT2D eigenvalue weighted by Gasteiger charge is -2.06. The van der Waals surface area contributed by atoms with Gasteiger partial charge < -0.3 is 4.74 Å². The number of hydrogen-bond donors (Lipinski definition) is 0. The van der Waals surface area contributed by atoms with Crippen LogP contribution in [0.2, 0.25) is 10.0 Å². The molecule has 0 saturated heterocycles. The zero-order valence-corrected chi connectivity index (χ0v) is 9.36. The van der Waals surface area contributed by atoms with Crippen LogP contribution < -0.4 is 0 Å². The molecule has 0 heterocycles. The van der Waals surface area contributed by atoms with Crippen molar-refractivity contribution in [1.82, 2.24) is 0 Å². The van der Waals surface area contributed by atoms with Crippen molar-refractivity contribution < 1.29 is 9.53 Å². The SMILES string of the molecule is O=C(CCl)OCc1c(Cl)cccc1Cl. The molecule has 76 valence electrons. The van der Waals surface area contributed by atoms with E-state index in [2.05, 4.69) is 0 Å². The molecule has 0 radical (unpaired) electrons. The lowest BCUT2D eigenvalue weighted by atomic mass is 10.2. The molecule has 0 N–H and O–H groups in total. The van der Waals surface area contributed by atoms with E-state index in [1.54, 1.807) is 18.2 Å². The molecule has 1 rings (SSSR count). The summed E-state index contributed by atoms with van der Waals surface area (Å²) in [4.78, 5) is 10.8. The summed E-state index contributed by atoms with van der Waals surface area (Å²) in [5.41, 5.74) is 0.592. The third-order valence-electron chi connectivity index (χ3n) is 1.55. The first kappa shape index (κ1) is 11.6. The van der Waals surface area contributed by atoms with Crippen molar-refractivity contribution in [2.24, 2.45) is 0 Å². The summed E-state index contributed by atoms with van der Waals surface area (Å²) < 4.78 is 4.80. The summed E-state index contributed by atoms with van der Waals surface area (Å²) in [5, 5.41) is 0.944. The van der Waals surface area contributed by atoms with E-state index >= 15 is 0 Å². The molecule has 0 spiro atoms. The maximum absolute atomic E-state index is 10.8. The molecule has 14 heavy (non-hydrogen) atoms. The van der Waals surface area contributed by atoms with Gasteiger partial charge >= 0.3 is 5.97 Å². The van der Waals surface area contributed by atoms with Crippen LogP contribution in [0.3, 0.4) is 0 Å². The van der Waals surface area contributed by atoms with E-state index in [1.807, 2.05) is 0 Å². The number of hydrogen-bond acceptors (Lipinski definition) is 2. The number of alkyl halides is 1. The van der Waals surface area contributed by atoms with Gasteiger partial charge in [0, 0.05) is 15.6 Å². The van der Waals surface area contributed by atoms with Crippen LogP contribution in [0.5, 0.6) is 0 Å². The summed E-state index contributed by atoms with van der Waals surface area (Å²) in [6, 6.07) is 5.08. The molecule has 1 aromatic carbocycles. The molecule has 0 aliphatic carbocycles. The van der Waals surface area contributed by atoms with Crippen LogP contribution in [-0.4, -0.2) is 11.8 Å². The molecule has 2 nitrogen and oxygen atoms in total. The Balaban J connectivity index is 2.71. The van der Waals surface area contributed by atoms with Crippen LogP contribution in [-0.2, 0) is 16.1 Å². The van der Waals surface area contributed by atoms with E-state index in [9.17, 15) is 4.79 Å². The zero-order chi connectivity index (χ0) is 10.6. The molecular formula is C9H7Cl3O2. The Morgan fingerprint density at radius 3 is 2.36 bits per heavy atom. The van der Waals surface area contributed by atoms with Crippen LogP contribution in [0, 0.1) is 0 Å². The van der Waals surface area contributed by atoms with Crippen molar-refractivity contribution in [3.63, 3.8) is 0 Å². The van der Waals surface area contributed by atoms with E-state index in [-0.39, 0.29) is 12.5 Å². The lowest BCUT2D eigenvalue weighted by Crippen LogP contribution is -2.06. The van der Waals surface area contributed by atoms with Crippen molar-refractivity contribution in [1.29, 1.82) is 0 Å². The summed E-state index contributed by atoms with van der Waals surface area (Å²) in [5.74, 6) is -0.676. The average molecular weight is 254 g/mol. The monoisotopic (exact) mass is 252 g/mol. The molecule has 0 aliphatic rings. The molecular weight excluding hydrogens is 246 g/mol. The third kappa shape index (κ3) is 3.05. The minimum Gasteiger partial charge on any atom is -0.460 e. The van der Waals surface area contributed by atoms with Crippen molar-refractivity contribution in [3.05, 3.63) is 33.8 Å². The van der Waals surface area contributed by atoms with Gasteiger partial charge in [-0.25, -0.2) is 0 Å². The van der Waals surface area contributed by atoms with Gasteiger partial charge in [-0.1, -0.05) is 29.3 Å². The predicted molar refractivity (Wildman–Crippen MR) is 57.0 cm³/mol. The molecule has 0 aromatic heterocycles. The number of halogens is 3. The van der Waals surface area contributed by atoms with Crippen LogP contribution >= 0.6 is 34.8 Å². The second kappa shape index (κ2) is 5.44. The smallest absolute Gasteiger partial charge is 0.321 e. The van der Waals surface area contributed by atoms with Gasteiger partial charge in [-0.2, -0.15) is 0 Å². The Morgan fingerprint density at radius 1 is 1.29 bits per heavy atom. The summed E-state index contributed by atoms with van der Waals surface area (Å²) in [6.07, 6.45) is 0. The maximum atomic E-state index is 10.8. The van der Waals surface area contributed by atoms with Gasteiger partial charge in [-0.05, 0) is 12.1 Å². The van der Waals surface area contributed by atoms with Gasteiger partial charge in [0.05, 0.1) is 0 Å². The van der Waals surface area contributed by atoms with Gasteiger partial charge in [-0.3, -0.25) is 4.79 Å². The number of benzene rings is 1. The highest BCUT2D eigenvalue weighted by Gasteiger charge is 2.07. The Kier molecular flexibility index (Phi) is 4.52. The van der Waals surface area contributed by atoms with Gasteiger partial charge in [-0.15, -0.1) is 11.6 Å². The first-order valence-electron chi connectivity index (χ1n) is 3.79. The molecule has 0 fully saturated rings. The van der Waals surface area contributed by atoms with Gasteiger partial charge in [0.25, 0.3) is 0 Å². The molecule has 0 unspecified atom stereocenters. The highest BCUT2D eigenvalue weighted by Crippen LogP contribution is 2.24.